The smallest absolute Gasteiger partial charge is 0.229 e. The first-order valence-corrected chi connectivity index (χ1v) is 6.05. The highest BCUT2D eigenvalue weighted by molar-refractivity contribution is 5.38. The van der Waals surface area contributed by atoms with Crippen molar-refractivity contribution in [3.63, 3.8) is 0 Å². The van der Waals surface area contributed by atoms with Gasteiger partial charge >= 0.3 is 12.4 Å². The summed E-state index contributed by atoms with van der Waals surface area (Å²) in [7, 11) is 0. The van der Waals surface area contributed by atoms with Crippen molar-refractivity contribution in [3.8, 4) is 0 Å². The van der Waals surface area contributed by atoms with Crippen LogP contribution in [0.5, 0.6) is 0 Å². The second-order valence-electron chi connectivity index (χ2n) is 6.05. The van der Waals surface area contributed by atoms with Crippen LogP contribution < -0.4 is 0 Å². The molecule has 1 unspecified atom stereocenters. The predicted octanol–water partition coefficient (Wildman–Crippen LogP) is 5.75. The van der Waals surface area contributed by atoms with Gasteiger partial charge in [0.15, 0.2) is 0 Å². The zero-order valence-corrected chi connectivity index (χ0v) is 11.9. The molecule has 120 valence electrons. The van der Waals surface area contributed by atoms with Gasteiger partial charge in [-0.25, -0.2) is 4.39 Å². The molecular weight excluding hydrogens is 301 g/mol. The Morgan fingerprint density at radius 1 is 0.619 bits per heavy atom. The van der Waals surface area contributed by atoms with Crippen LogP contribution >= 0.6 is 0 Å². The number of halogens is 7. The largest absolute Gasteiger partial charge is 0.426 e. The van der Waals surface area contributed by atoms with Crippen molar-refractivity contribution in [2.24, 2.45) is 0 Å². The second-order valence-corrected chi connectivity index (χ2v) is 6.05. The zero-order valence-electron chi connectivity index (χ0n) is 11.9. The van der Waals surface area contributed by atoms with Crippen molar-refractivity contribution in [2.75, 3.05) is 0 Å². The molecule has 1 rings (SSSR count). The van der Waals surface area contributed by atoms with E-state index in [9.17, 15) is 30.7 Å². The van der Waals surface area contributed by atoms with Crippen LogP contribution in [0.4, 0.5) is 30.7 Å². The van der Waals surface area contributed by atoms with E-state index in [0.717, 1.165) is 12.1 Å². The maximum atomic E-state index is 14.0. The van der Waals surface area contributed by atoms with Gasteiger partial charge in [0.1, 0.15) is 0 Å². The molecule has 21 heavy (non-hydrogen) atoms. The molecule has 0 radical (unpaired) electrons. The van der Waals surface area contributed by atoms with Crippen LogP contribution in [0.1, 0.15) is 44.4 Å². The molecule has 0 saturated carbocycles. The summed E-state index contributed by atoms with van der Waals surface area (Å²) < 4.78 is 90.6. The van der Waals surface area contributed by atoms with E-state index in [0.29, 0.717) is 0 Å². The van der Waals surface area contributed by atoms with Crippen LogP contribution in [0, 0.1) is 0 Å². The standard InChI is InChI=1S/C14H15F7/c1-11(2,3)8-5-9(12(4,15)14(19,20)21)7-10(6-8)13(16,17)18/h5-7H,1-4H3. The normalized spacial score (nSPS) is 16.7. The molecule has 1 aromatic carbocycles. The Morgan fingerprint density at radius 3 is 1.33 bits per heavy atom. The fourth-order valence-electron chi connectivity index (χ4n) is 1.66. The fourth-order valence-corrected chi connectivity index (χ4v) is 1.66. The van der Waals surface area contributed by atoms with Gasteiger partial charge in [-0.1, -0.05) is 26.8 Å². The summed E-state index contributed by atoms with van der Waals surface area (Å²) in [4.78, 5) is 0. The van der Waals surface area contributed by atoms with Gasteiger partial charge in [-0.3, -0.25) is 0 Å². The molecule has 1 atom stereocenters. The molecule has 0 aromatic heterocycles. The molecule has 0 saturated heterocycles. The summed E-state index contributed by atoms with van der Waals surface area (Å²) in [6.07, 6.45) is -10.1. The molecule has 7 heteroatoms. The van der Waals surface area contributed by atoms with Crippen molar-refractivity contribution < 1.29 is 30.7 Å². The maximum Gasteiger partial charge on any atom is 0.426 e. The average Bonchev–Trinajstić information content (AvgIpc) is 2.24. The minimum absolute atomic E-state index is 0.0135. The van der Waals surface area contributed by atoms with Gasteiger partial charge < -0.3 is 0 Å². The Labute approximate surface area is 118 Å². The first kappa shape index (κ1) is 17.8. The molecule has 0 heterocycles. The van der Waals surface area contributed by atoms with E-state index in [1.54, 1.807) is 0 Å². The van der Waals surface area contributed by atoms with Gasteiger partial charge in [0, 0.05) is 0 Å². The molecule has 0 aliphatic heterocycles. The van der Waals surface area contributed by atoms with E-state index < -0.39 is 34.6 Å². The van der Waals surface area contributed by atoms with Crippen molar-refractivity contribution in [2.45, 2.75) is 51.1 Å². The number of hydrogen-bond donors (Lipinski definition) is 0. The molecule has 0 fully saturated rings. The van der Waals surface area contributed by atoms with Gasteiger partial charge in [0.2, 0.25) is 5.67 Å². The van der Waals surface area contributed by atoms with Crippen LogP contribution in [0.3, 0.4) is 0 Å². The SMILES string of the molecule is CC(C)(C)c1cc(C(F)(F)F)cc(C(C)(F)C(F)(F)F)c1. The lowest BCUT2D eigenvalue weighted by Gasteiger charge is -2.28. The minimum Gasteiger partial charge on any atom is -0.229 e. The third-order valence-electron chi connectivity index (χ3n) is 3.20. The molecule has 1 aromatic rings. The van der Waals surface area contributed by atoms with Crippen molar-refractivity contribution >= 4 is 0 Å². The summed E-state index contributed by atoms with van der Waals surface area (Å²) >= 11 is 0. The van der Waals surface area contributed by atoms with Crippen LogP contribution in [0.15, 0.2) is 18.2 Å². The highest BCUT2D eigenvalue weighted by Gasteiger charge is 2.54. The van der Waals surface area contributed by atoms with E-state index >= 15 is 0 Å². The van der Waals surface area contributed by atoms with E-state index in [2.05, 4.69) is 0 Å². The molecule has 0 nitrogen and oxygen atoms in total. The number of rotatable bonds is 1. The Morgan fingerprint density at radius 2 is 1.00 bits per heavy atom. The first-order chi connectivity index (χ1) is 9.07. The van der Waals surface area contributed by atoms with Gasteiger partial charge in [-0.15, -0.1) is 0 Å². The van der Waals surface area contributed by atoms with E-state index in [-0.39, 0.29) is 18.6 Å². The van der Waals surface area contributed by atoms with Gasteiger partial charge in [-0.2, -0.15) is 26.3 Å². The maximum absolute atomic E-state index is 14.0. The molecule has 0 bridgehead atoms. The fraction of sp³-hybridized carbons (Fsp3) is 0.571. The Bertz CT molecular complexity index is 483. The summed E-state index contributed by atoms with van der Waals surface area (Å²) in [6, 6.07) is 1.79. The lowest BCUT2D eigenvalue weighted by Crippen LogP contribution is -2.35. The third-order valence-corrected chi connectivity index (χ3v) is 3.20. The molecule has 0 aliphatic rings. The Balaban J connectivity index is 3.61. The Kier molecular flexibility index (Phi) is 4.13. The Hall–Kier alpha value is -1.27. The summed E-state index contributed by atoms with van der Waals surface area (Å²) in [5.74, 6) is 0. The van der Waals surface area contributed by atoms with E-state index in [4.69, 9.17) is 0 Å². The van der Waals surface area contributed by atoms with Crippen LogP contribution in [0.25, 0.3) is 0 Å². The van der Waals surface area contributed by atoms with E-state index in [1.165, 1.54) is 20.8 Å². The first-order valence-electron chi connectivity index (χ1n) is 6.05. The zero-order chi connectivity index (χ0) is 16.9. The van der Waals surface area contributed by atoms with Crippen LogP contribution in [-0.2, 0) is 17.3 Å². The number of hydrogen-bond acceptors (Lipinski definition) is 0. The van der Waals surface area contributed by atoms with Crippen molar-refractivity contribution in [1.82, 2.24) is 0 Å². The minimum atomic E-state index is -5.30. The van der Waals surface area contributed by atoms with Crippen molar-refractivity contribution in [1.29, 1.82) is 0 Å². The third kappa shape index (κ3) is 3.68. The second kappa shape index (κ2) is 4.88. The molecular formula is C14H15F7. The number of benzene rings is 1. The highest BCUT2D eigenvalue weighted by atomic mass is 19.4. The van der Waals surface area contributed by atoms with Gasteiger partial charge in [0.25, 0.3) is 0 Å². The van der Waals surface area contributed by atoms with Crippen LogP contribution in [-0.4, -0.2) is 6.18 Å². The molecule has 0 spiro atoms. The molecule has 0 N–H and O–H groups in total. The van der Waals surface area contributed by atoms with Gasteiger partial charge in [0.05, 0.1) is 5.56 Å². The monoisotopic (exact) mass is 316 g/mol. The molecule has 0 amide bonds. The summed E-state index contributed by atoms with van der Waals surface area (Å²) in [5, 5.41) is 0. The summed E-state index contributed by atoms with van der Waals surface area (Å²) in [5.41, 5.74) is -7.06. The van der Waals surface area contributed by atoms with Crippen molar-refractivity contribution in [3.05, 3.63) is 34.9 Å². The average molecular weight is 316 g/mol. The topological polar surface area (TPSA) is 0 Å². The summed E-state index contributed by atoms with van der Waals surface area (Å²) in [6.45, 7) is 4.83. The number of alkyl halides is 7. The predicted molar refractivity (Wildman–Crippen MR) is 64.7 cm³/mol. The molecule has 0 aliphatic carbocycles. The van der Waals surface area contributed by atoms with Gasteiger partial charge in [-0.05, 0) is 35.6 Å². The quantitative estimate of drug-likeness (QED) is 0.579. The highest BCUT2D eigenvalue weighted by Crippen LogP contribution is 2.45. The lowest BCUT2D eigenvalue weighted by molar-refractivity contribution is -0.229. The lowest BCUT2D eigenvalue weighted by atomic mass is 9.82. The van der Waals surface area contributed by atoms with Crippen LogP contribution in [0.2, 0.25) is 0 Å². The van der Waals surface area contributed by atoms with E-state index in [1.807, 2.05) is 0 Å².